The molecule has 0 fully saturated rings. The number of amides is 2. The summed E-state index contributed by atoms with van der Waals surface area (Å²) in [6.45, 7) is -0.405. The van der Waals surface area contributed by atoms with E-state index in [4.69, 9.17) is 4.74 Å². The zero-order valence-electron chi connectivity index (χ0n) is 11.2. The van der Waals surface area contributed by atoms with Gasteiger partial charge in [0.15, 0.2) is 0 Å². The van der Waals surface area contributed by atoms with Gasteiger partial charge in [-0.25, -0.2) is 0 Å². The van der Waals surface area contributed by atoms with Gasteiger partial charge in [-0.15, -0.1) is 0 Å². The summed E-state index contributed by atoms with van der Waals surface area (Å²) in [6.07, 6.45) is 6.27. The molecule has 2 heterocycles. The molecule has 2 aromatic rings. The normalized spacial score (nSPS) is 9.90. The van der Waals surface area contributed by atoms with E-state index in [0.29, 0.717) is 11.4 Å². The molecular weight excluding hydrogens is 272 g/mol. The SMILES string of the molecule is O=C(COCC(=O)Nc1ccncc1)Nc1ccncc1. The molecule has 0 radical (unpaired) electrons. The van der Waals surface area contributed by atoms with Crippen molar-refractivity contribution in [1.82, 2.24) is 9.97 Å². The fourth-order valence-corrected chi connectivity index (χ4v) is 1.50. The Morgan fingerprint density at radius 1 is 0.810 bits per heavy atom. The van der Waals surface area contributed by atoms with Crippen LogP contribution in [0.1, 0.15) is 0 Å². The average molecular weight is 286 g/mol. The quantitative estimate of drug-likeness (QED) is 0.828. The monoisotopic (exact) mass is 286 g/mol. The van der Waals surface area contributed by atoms with Crippen LogP contribution in [-0.2, 0) is 14.3 Å². The summed E-state index contributed by atoms with van der Waals surface area (Å²) in [4.78, 5) is 30.8. The van der Waals surface area contributed by atoms with Gasteiger partial charge in [0.05, 0.1) is 0 Å². The summed E-state index contributed by atoms with van der Waals surface area (Å²) in [7, 11) is 0. The third kappa shape index (κ3) is 5.37. The van der Waals surface area contributed by atoms with Crippen molar-refractivity contribution >= 4 is 23.2 Å². The van der Waals surface area contributed by atoms with Crippen molar-refractivity contribution < 1.29 is 14.3 Å². The van der Waals surface area contributed by atoms with Crippen LogP contribution in [0.15, 0.2) is 49.1 Å². The molecule has 21 heavy (non-hydrogen) atoms. The molecule has 7 heteroatoms. The molecule has 108 valence electrons. The van der Waals surface area contributed by atoms with Crippen LogP contribution in [0, 0.1) is 0 Å². The number of nitrogens with one attached hydrogen (secondary N) is 2. The molecule has 2 amide bonds. The number of hydrogen-bond donors (Lipinski definition) is 2. The van der Waals surface area contributed by atoms with E-state index in [1.165, 1.54) is 0 Å². The highest BCUT2D eigenvalue weighted by atomic mass is 16.5. The first-order valence-corrected chi connectivity index (χ1v) is 6.21. The van der Waals surface area contributed by atoms with Crippen molar-refractivity contribution in [3.05, 3.63) is 49.1 Å². The van der Waals surface area contributed by atoms with Gasteiger partial charge in [0.2, 0.25) is 11.8 Å². The van der Waals surface area contributed by atoms with Gasteiger partial charge in [0.1, 0.15) is 13.2 Å². The van der Waals surface area contributed by atoms with Crippen LogP contribution in [0.3, 0.4) is 0 Å². The van der Waals surface area contributed by atoms with Crippen LogP contribution in [0.4, 0.5) is 11.4 Å². The highest BCUT2D eigenvalue weighted by Gasteiger charge is 2.06. The maximum Gasteiger partial charge on any atom is 0.250 e. The Bertz CT molecular complexity index is 536. The van der Waals surface area contributed by atoms with Crippen LogP contribution in [0.2, 0.25) is 0 Å². The first kappa shape index (κ1) is 14.6. The van der Waals surface area contributed by atoms with E-state index in [1.54, 1.807) is 49.1 Å². The Kier molecular flexibility index (Phi) is 5.36. The number of ether oxygens (including phenoxy) is 1. The Morgan fingerprint density at radius 2 is 1.19 bits per heavy atom. The predicted octanol–water partition coefficient (Wildman–Crippen LogP) is 1.07. The zero-order chi connectivity index (χ0) is 14.9. The van der Waals surface area contributed by atoms with Gasteiger partial charge in [-0.05, 0) is 24.3 Å². The van der Waals surface area contributed by atoms with Crippen molar-refractivity contribution in [1.29, 1.82) is 0 Å². The lowest BCUT2D eigenvalue weighted by Gasteiger charge is -2.07. The summed E-state index contributed by atoms with van der Waals surface area (Å²) in [5, 5.41) is 5.24. The third-order valence-electron chi connectivity index (χ3n) is 2.39. The minimum absolute atomic E-state index is 0.202. The fraction of sp³-hybridized carbons (Fsp3) is 0.143. The Balaban J connectivity index is 1.67. The summed E-state index contributed by atoms with van der Waals surface area (Å²) in [5.74, 6) is -0.671. The minimum Gasteiger partial charge on any atom is -0.362 e. The molecule has 0 aliphatic carbocycles. The number of rotatable bonds is 6. The van der Waals surface area contributed by atoms with Gasteiger partial charge in [-0.3, -0.25) is 19.6 Å². The van der Waals surface area contributed by atoms with Crippen molar-refractivity contribution in [2.45, 2.75) is 0 Å². The molecule has 7 nitrogen and oxygen atoms in total. The maximum atomic E-state index is 11.6. The molecule has 0 aliphatic rings. The van der Waals surface area contributed by atoms with Crippen molar-refractivity contribution in [2.24, 2.45) is 0 Å². The van der Waals surface area contributed by atoms with Crippen molar-refractivity contribution in [2.75, 3.05) is 23.8 Å². The van der Waals surface area contributed by atoms with E-state index < -0.39 is 0 Å². The Morgan fingerprint density at radius 3 is 1.57 bits per heavy atom. The minimum atomic E-state index is -0.335. The highest BCUT2D eigenvalue weighted by Crippen LogP contribution is 2.03. The summed E-state index contributed by atoms with van der Waals surface area (Å²) in [6, 6.07) is 6.64. The first-order chi connectivity index (χ1) is 10.2. The maximum absolute atomic E-state index is 11.6. The van der Waals surface area contributed by atoms with Crippen LogP contribution in [0.5, 0.6) is 0 Å². The van der Waals surface area contributed by atoms with Gasteiger partial charge in [0.25, 0.3) is 0 Å². The molecule has 2 N–H and O–H groups in total. The molecule has 2 aromatic heterocycles. The zero-order valence-corrected chi connectivity index (χ0v) is 11.2. The number of pyridine rings is 2. The Labute approximate surface area is 121 Å². The largest absolute Gasteiger partial charge is 0.362 e. The average Bonchev–Trinajstić information content (AvgIpc) is 2.49. The summed E-state index contributed by atoms with van der Waals surface area (Å²) < 4.78 is 5.05. The summed E-state index contributed by atoms with van der Waals surface area (Å²) >= 11 is 0. The first-order valence-electron chi connectivity index (χ1n) is 6.21. The molecule has 0 saturated heterocycles. The second kappa shape index (κ2) is 7.71. The van der Waals surface area contributed by atoms with Crippen LogP contribution in [0.25, 0.3) is 0 Å². The van der Waals surface area contributed by atoms with E-state index in [9.17, 15) is 9.59 Å². The number of nitrogens with zero attached hydrogens (tertiary/aromatic N) is 2. The number of carbonyl (C=O) groups is 2. The molecule has 0 atom stereocenters. The number of aromatic nitrogens is 2. The smallest absolute Gasteiger partial charge is 0.250 e. The standard InChI is InChI=1S/C14H14N4O3/c19-13(17-11-1-5-15-6-2-11)9-21-10-14(20)18-12-3-7-16-8-4-12/h1-8H,9-10H2,(H,15,17,19)(H,16,18,20). The highest BCUT2D eigenvalue weighted by molar-refractivity contribution is 5.93. The van der Waals surface area contributed by atoms with Crippen LogP contribution < -0.4 is 10.6 Å². The number of hydrogen-bond acceptors (Lipinski definition) is 5. The number of anilines is 2. The molecule has 0 aromatic carbocycles. The van der Waals surface area contributed by atoms with Gasteiger partial charge < -0.3 is 15.4 Å². The van der Waals surface area contributed by atoms with Crippen molar-refractivity contribution in [3.63, 3.8) is 0 Å². The lowest BCUT2D eigenvalue weighted by atomic mass is 10.4. The van der Waals surface area contributed by atoms with E-state index in [2.05, 4.69) is 20.6 Å². The second-order valence-electron chi connectivity index (χ2n) is 4.06. The topological polar surface area (TPSA) is 93.2 Å². The van der Waals surface area contributed by atoms with E-state index in [1.807, 2.05) is 0 Å². The molecule has 0 saturated carbocycles. The summed E-state index contributed by atoms with van der Waals surface area (Å²) in [5.41, 5.74) is 1.25. The van der Waals surface area contributed by atoms with Gasteiger partial charge in [-0.1, -0.05) is 0 Å². The van der Waals surface area contributed by atoms with Gasteiger partial charge >= 0.3 is 0 Å². The van der Waals surface area contributed by atoms with Crippen LogP contribution >= 0.6 is 0 Å². The van der Waals surface area contributed by atoms with E-state index >= 15 is 0 Å². The van der Waals surface area contributed by atoms with Crippen molar-refractivity contribution in [3.8, 4) is 0 Å². The Hall–Kier alpha value is -2.80. The number of carbonyl (C=O) groups excluding carboxylic acids is 2. The molecule has 0 unspecified atom stereocenters. The third-order valence-corrected chi connectivity index (χ3v) is 2.39. The lowest BCUT2D eigenvalue weighted by Crippen LogP contribution is -2.23. The van der Waals surface area contributed by atoms with E-state index in [-0.39, 0.29) is 25.0 Å². The molecular formula is C14H14N4O3. The van der Waals surface area contributed by atoms with Gasteiger partial charge in [0, 0.05) is 36.2 Å². The molecule has 2 rings (SSSR count). The molecule has 0 bridgehead atoms. The van der Waals surface area contributed by atoms with Gasteiger partial charge in [-0.2, -0.15) is 0 Å². The lowest BCUT2D eigenvalue weighted by molar-refractivity contribution is -0.125. The molecule has 0 spiro atoms. The molecule has 0 aliphatic heterocycles. The van der Waals surface area contributed by atoms with E-state index in [0.717, 1.165) is 0 Å². The predicted molar refractivity (Wildman–Crippen MR) is 76.6 cm³/mol. The van der Waals surface area contributed by atoms with Crippen LogP contribution in [-0.4, -0.2) is 35.0 Å². The fourth-order valence-electron chi connectivity index (χ4n) is 1.50. The second-order valence-corrected chi connectivity index (χ2v) is 4.06.